The van der Waals surface area contributed by atoms with Gasteiger partial charge in [-0.15, -0.1) is 0 Å². The number of unbranched alkanes of at least 4 members (excludes halogenated alkanes) is 1. The van der Waals surface area contributed by atoms with E-state index in [1.807, 2.05) is 0 Å². The maximum atomic E-state index is 12.9. The molecule has 0 rings (SSSR count). The minimum atomic E-state index is -4.51. The Morgan fingerprint density at radius 2 is 1.53 bits per heavy atom. The molecule has 0 aromatic heterocycles. The van der Waals surface area contributed by atoms with Gasteiger partial charge in [0, 0.05) is 7.11 Å². The van der Waals surface area contributed by atoms with Crippen LogP contribution in [0.4, 0.5) is 0 Å². The maximum absolute atomic E-state index is 12.9. The Labute approximate surface area is 184 Å². The maximum Gasteiger partial charge on any atom is 0.277 e. The van der Waals surface area contributed by atoms with Crippen molar-refractivity contribution in [1.29, 1.82) is 0 Å². The van der Waals surface area contributed by atoms with Gasteiger partial charge in [0.05, 0.1) is 6.61 Å². The van der Waals surface area contributed by atoms with Gasteiger partial charge in [-0.05, 0) is 79.6 Å². The highest BCUT2D eigenvalue weighted by atomic mass is 32.2. The molecule has 0 aromatic carbocycles. The van der Waals surface area contributed by atoms with Gasteiger partial charge in [-0.25, -0.2) is 0 Å². The highest BCUT2D eigenvalue weighted by Gasteiger charge is 2.42. The van der Waals surface area contributed by atoms with Crippen LogP contribution in [0.2, 0.25) is 0 Å². The van der Waals surface area contributed by atoms with E-state index in [2.05, 4.69) is 45.9 Å². The lowest BCUT2D eigenvalue weighted by Crippen LogP contribution is -2.24. The molecule has 0 fully saturated rings. The first-order valence-corrected chi connectivity index (χ1v) is 14.0. The summed E-state index contributed by atoms with van der Waals surface area (Å²) in [5.74, 6) is 0. The van der Waals surface area contributed by atoms with Crippen LogP contribution < -0.4 is 0 Å². The zero-order valence-electron chi connectivity index (χ0n) is 19.5. The highest BCUT2D eigenvalue weighted by molar-refractivity contribution is 7.94. The molecule has 0 aliphatic heterocycles. The average Bonchev–Trinajstić information content (AvgIpc) is 2.60. The summed E-state index contributed by atoms with van der Waals surface area (Å²) >= 11 is 0. The summed E-state index contributed by atoms with van der Waals surface area (Å²) in [6, 6.07) is 0. The van der Waals surface area contributed by atoms with Crippen LogP contribution in [0.3, 0.4) is 0 Å². The molecular formula is C22H41O6PS. The standard InChI is InChI=1S/C22H41O6PS/c1-7-28-29(23,18-27-6)22(30(24,25)26)17-9-8-13-20(4)15-11-16-21(5)14-10-12-19(2)3/h12-13,16,22H,7-11,14-15,17-18H2,1-6H3,(H,24,25,26)/b20-13+,21-16+. The van der Waals surface area contributed by atoms with E-state index in [1.54, 1.807) is 6.92 Å². The molecule has 0 saturated heterocycles. The van der Waals surface area contributed by atoms with Crippen molar-refractivity contribution in [3.8, 4) is 0 Å². The predicted octanol–water partition coefficient (Wildman–Crippen LogP) is 6.71. The summed E-state index contributed by atoms with van der Waals surface area (Å²) in [6.07, 6.45) is 11.5. The van der Waals surface area contributed by atoms with Crippen LogP contribution in [0.25, 0.3) is 0 Å². The molecule has 0 spiro atoms. The number of hydrogen-bond donors (Lipinski definition) is 1. The molecule has 8 heteroatoms. The Kier molecular flexibility index (Phi) is 14.8. The summed E-state index contributed by atoms with van der Waals surface area (Å²) in [7, 11) is -6.83. The van der Waals surface area contributed by atoms with E-state index < -0.39 is 22.5 Å². The van der Waals surface area contributed by atoms with Crippen molar-refractivity contribution >= 4 is 17.5 Å². The Bertz CT molecular complexity index is 723. The van der Waals surface area contributed by atoms with Crippen molar-refractivity contribution in [2.75, 3.05) is 20.1 Å². The summed E-state index contributed by atoms with van der Waals surface area (Å²) in [4.78, 5) is -1.45. The van der Waals surface area contributed by atoms with Crippen LogP contribution in [0, 0.1) is 0 Å². The number of methoxy groups -OCH3 is 1. The van der Waals surface area contributed by atoms with E-state index in [9.17, 15) is 17.5 Å². The molecule has 1 N–H and O–H groups in total. The predicted molar refractivity (Wildman–Crippen MR) is 126 cm³/mol. The largest absolute Gasteiger partial charge is 0.375 e. The molecule has 176 valence electrons. The topological polar surface area (TPSA) is 89.9 Å². The molecule has 0 saturated carbocycles. The Morgan fingerprint density at radius 3 is 2.00 bits per heavy atom. The molecule has 0 amide bonds. The number of rotatable bonds is 16. The third-order valence-corrected chi connectivity index (χ3v) is 9.85. The fraction of sp³-hybridized carbons (Fsp3) is 0.727. The van der Waals surface area contributed by atoms with Gasteiger partial charge in [-0.3, -0.25) is 9.12 Å². The van der Waals surface area contributed by atoms with Crippen molar-refractivity contribution in [2.45, 2.75) is 84.6 Å². The van der Waals surface area contributed by atoms with Crippen LogP contribution in [-0.4, -0.2) is 38.0 Å². The minimum absolute atomic E-state index is 0.0621. The average molecular weight is 465 g/mol. The summed E-state index contributed by atoms with van der Waals surface area (Å²) < 4.78 is 56.2. The normalized spacial score (nSPS) is 16.2. The van der Waals surface area contributed by atoms with Crippen LogP contribution >= 0.6 is 7.37 Å². The van der Waals surface area contributed by atoms with E-state index in [0.717, 1.165) is 25.7 Å². The molecule has 0 aliphatic rings. The second-order valence-electron chi connectivity index (χ2n) is 7.92. The van der Waals surface area contributed by atoms with E-state index in [0.29, 0.717) is 12.8 Å². The Balaban J connectivity index is 4.66. The quantitative estimate of drug-likeness (QED) is 0.118. The third kappa shape index (κ3) is 12.9. The molecule has 0 aromatic rings. The number of hydrogen-bond acceptors (Lipinski definition) is 5. The Morgan fingerprint density at radius 1 is 1.00 bits per heavy atom. The van der Waals surface area contributed by atoms with Crippen LogP contribution in [0.5, 0.6) is 0 Å². The molecular weight excluding hydrogens is 423 g/mol. The lowest BCUT2D eigenvalue weighted by atomic mass is 10.1. The van der Waals surface area contributed by atoms with Gasteiger partial charge in [0.1, 0.15) is 6.35 Å². The molecule has 0 radical (unpaired) electrons. The van der Waals surface area contributed by atoms with Gasteiger partial charge in [-0.1, -0.05) is 34.9 Å². The first-order chi connectivity index (χ1) is 14.0. The molecule has 30 heavy (non-hydrogen) atoms. The molecule has 0 bridgehead atoms. The van der Waals surface area contributed by atoms with Crippen molar-refractivity contribution < 1.29 is 26.8 Å². The Hall–Kier alpha value is -0.720. The van der Waals surface area contributed by atoms with E-state index >= 15 is 0 Å². The van der Waals surface area contributed by atoms with Crippen molar-refractivity contribution in [3.05, 3.63) is 34.9 Å². The number of allylic oxidation sites excluding steroid dienone is 6. The monoisotopic (exact) mass is 464 g/mol. The van der Waals surface area contributed by atoms with Crippen molar-refractivity contribution in [3.63, 3.8) is 0 Å². The molecule has 2 atom stereocenters. The SMILES string of the molecule is CCOP(=O)(COC)C(CCC/C=C(\C)CC/C=C(\C)CCC=C(C)C)S(=O)(=O)O. The smallest absolute Gasteiger partial charge is 0.277 e. The van der Waals surface area contributed by atoms with Gasteiger partial charge >= 0.3 is 0 Å². The van der Waals surface area contributed by atoms with Crippen LogP contribution in [-0.2, 0) is 23.9 Å². The first-order valence-electron chi connectivity index (χ1n) is 10.6. The van der Waals surface area contributed by atoms with Gasteiger partial charge in [0.25, 0.3) is 10.1 Å². The van der Waals surface area contributed by atoms with E-state index in [1.165, 1.54) is 23.8 Å². The van der Waals surface area contributed by atoms with Crippen molar-refractivity contribution in [1.82, 2.24) is 0 Å². The summed E-state index contributed by atoms with van der Waals surface area (Å²) in [5, 5.41) is 0. The highest BCUT2D eigenvalue weighted by Crippen LogP contribution is 2.55. The fourth-order valence-electron chi connectivity index (χ4n) is 3.13. The van der Waals surface area contributed by atoms with Crippen LogP contribution in [0.1, 0.15) is 79.6 Å². The van der Waals surface area contributed by atoms with Crippen LogP contribution in [0.15, 0.2) is 34.9 Å². The summed E-state index contributed by atoms with van der Waals surface area (Å²) in [6.45, 7) is 10.2. The zero-order chi connectivity index (χ0) is 23.2. The molecule has 0 heterocycles. The lowest BCUT2D eigenvalue weighted by molar-refractivity contribution is 0.220. The van der Waals surface area contributed by atoms with Gasteiger partial charge in [0.15, 0.2) is 4.99 Å². The van der Waals surface area contributed by atoms with E-state index in [-0.39, 0.29) is 19.4 Å². The molecule has 0 aliphatic carbocycles. The first kappa shape index (κ1) is 29.3. The number of ether oxygens (including phenoxy) is 1. The lowest BCUT2D eigenvalue weighted by Gasteiger charge is -2.24. The van der Waals surface area contributed by atoms with Gasteiger partial charge < -0.3 is 9.26 Å². The minimum Gasteiger partial charge on any atom is -0.375 e. The molecule has 6 nitrogen and oxygen atoms in total. The second kappa shape index (κ2) is 15.1. The second-order valence-corrected chi connectivity index (χ2v) is 12.5. The molecule has 2 unspecified atom stereocenters. The van der Waals surface area contributed by atoms with Crippen molar-refractivity contribution in [2.24, 2.45) is 0 Å². The third-order valence-electron chi connectivity index (χ3n) is 4.71. The summed E-state index contributed by atoms with van der Waals surface area (Å²) in [5.41, 5.74) is 3.97. The van der Waals surface area contributed by atoms with Gasteiger partial charge in [0.2, 0.25) is 7.37 Å². The zero-order valence-corrected chi connectivity index (χ0v) is 21.2. The fourth-order valence-corrected chi connectivity index (χ4v) is 7.36. The van der Waals surface area contributed by atoms with Gasteiger partial charge in [-0.2, -0.15) is 8.42 Å². The van der Waals surface area contributed by atoms with E-state index in [4.69, 9.17) is 9.26 Å².